The van der Waals surface area contributed by atoms with Gasteiger partial charge < -0.3 is 5.32 Å². The van der Waals surface area contributed by atoms with Crippen molar-refractivity contribution in [1.82, 2.24) is 14.8 Å². The molecule has 0 radical (unpaired) electrons. The number of aryl methyl sites for hydroxylation is 1. The summed E-state index contributed by atoms with van der Waals surface area (Å²) in [6.07, 6.45) is 2.02. The van der Waals surface area contributed by atoms with Crippen molar-refractivity contribution < 1.29 is 4.92 Å². The van der Waals surface area contributed by atoms with Gasteiger partial charge in [0.1, 0.15) is 5.82 Å². The molecule has 0 aliphatic carbocycles. The van der Waals surface area contributed by atoms with E-state index in [1.165, 1.54) is 12.1 Å². The Hall–Kier alpha value is -3.47. The van der Waals surface area contributed by atoms with Gasteiger partial charge in [0.05, 0.1) is 39.3 Å². The molecule has 8 nitrogen and oxygen atoms in total. The third-order valence-electron chi connectivity index (χ3n) is 4.58. The van der Waals surface area contributed by atoms with Crippen molar-refractivity contribution in [2.24, 2.45) is 0 Å². The lowest BCUT2D eigenvalue weighted by Gasteiger charge is -2.19. The normalized spacial score (nSPS) is 12.6. The summed E-state index contributed by atoms with van der Waals surface area (Å²) in [5.74, 6) is 0.535. The fraction of sp³-hybridized carbons (Fsp3) is 0.350. The van der Waals surface area contributed by atoms with E-state index in [9.17, 15) is 15.4 Å². The van der Waals surface area contributed by atoms with Gasteiger partial charge in [-0.3, -0.25) is 14.8 Å². The van der Waals surface area contributed by atoms with Crippen molar-refractivity contribution in [3.63, 3.8) is 0 Å². The van der Waals surface area contributed by atoms with Crippen LogP contribution in [0.2, 0.25) is 0 Å². The summed E-state index contributed by atoms with van der Waals surface area (Å²) in [6, 6.07) is 7.98. The zero-order valence-electron chi connectivity index (χ0n) is 16.5. The minimum atomic E-state index is -0.482. The molecule has 0 fully saturated rings. The van der Waals surface area contributed by atoms with Crippen LogP contribution in [0.15, 0.2) is 30.5 Å². The van der Waals surface area contributed by atoms with Gasteiger partial charge in [0.25, 0.3) is 5.69 Å². The van der Waals surface area contributed by atoms with E-state index in [1.807, 2.05) is 24.7 Å². The van der Waals surface area contributed by atoms with Crippen LogP contribution >= 0.6 is 0 Å². The van der Waals surface area contributed by atoms with E-state index < -0.39 is 4.92 Å². The molecule has 1 unspecified atom stereocenters. The number of nitriles is 1. The Morgan fingerprint density at radius 1 is 1.32 bits per heavy atom. The highest BCUT2D eigenvalue weighted by Crippen LogP contribution is 2.28. The van der Waals surface area contributed by atoms with Gasteiger partial charge in [-0.15, -0.1) is 0 Å². The Bertz CT molecular complexity index is 1100. The van der Waals surface area contributed by atoms with Crippen LogP contribution in [0.1, 0.15) is 50.6 Å². The van der Waals surface area contributed by atoms with Crippen molar-refractivity contribution in [2.75, 3.05) is 5.32 Å². The molecule has 28 heavy (non-hydrogen) atoms. The second-order valence-electron chi connectivity index (χ2n) is 7.78. The average molecular weight is 378 g/mol. The maximum absolute atomic E-state index is 11.0. The standard InChI is InChI=1S/C20H22N6O2/c1-12(17-11-25(20(3,4)5)24-13(17)2)22-19-8-14(10-21)16-9-15(26(27)28)6-7-18(16)23-19/h6-9,11-12H,1-5H3,(H,22,23). The van der Waals surface area contributed by atoms with Crippen molar-refractivity contribution in [3.8, 4) is 6.07 Å². The van der Waals surface area contributed by atoms with Crippen molar-refractivity contribution >= 4 is 22.4 Å². The summed E-state index contributed by atoms with van der Waals surface area (Å²) >= 11 is 0. The van der Waals surface area contributed by atoms with E-state index in [1.54, 1.807) is 12.1 Å². The maximum atomic E-state index is 11.0. The van der Waals surface area contributed by atoms with Gasteiger partial charge in [-0.05, 0) is 46.8 Å². The molecule has 3 aromatic rings. The molecule has 0 aliphatic heterocycles. The van der Waals surface area contributed by atoms with Gasteiger partial charge in [-0.2, -0.15) is 10.4 Å². The number of hydrogen-bond donors (Lipinski definition) is 1. The minimum Gasteiger partial charge on any atom is -0.363 e. The highest BCUT2D eigenvalue weighted by molar-refractivity contribution is 5.88. The second kappa shape index (κ2) is 6.93. The van der Waals surface area contributed by atoms with Crippen LogP contribution in [-0.2, 0) is 5.54 Å². The van der Waals surface area contributed by atoms with E-state index in [0.29, 0.717) is 22.3 Å². The lowest BCUT2D eigenvalue weighted by Crippen LogP contribution is -2.22. The quantitative estimate of drug-likeness (QED) is 0.530. The highest BCUT2D eigenvalue weighted by Gasteiger charge is 2.20. The first-order valence-corrected chi connectivity index (χ1v) is 8.92. The predicted molar refractivity (Wildman–Crippen MR) is 107 cm³/mol. The molecular weight excluding hydrogens is 356 g/mol. The summed E-state index contributed by atoms with van der Waals surface area (Å²) in [7, 11) is 0. The lowest BCUT2D eigenvalue weighted by molar-refractivity contribution is -0.384. The fourth-order valence-corrected chi connectivity index (χ4v) is 3.04. The number of nitro groups is 1. The number of fused-ring (bicyclic) bond motifs is 1. The highest BCUT2D eigenvalue weighted by atomic mass is 16.6. The predicted octanol–water partition coefficient (Wildman–Crippen LogP) is 4.45. The Labute approximate surface area is 163 Å². The Balaban J connectivity index is 1.96. The molecule has 1 atom stereocenters. The summed E-state index contributed by atoms with van der Waals surface area (Å²) in [5.41, 5.74) is 2.65. The Morgan fingerprint density at radius 3 is 2.61 bits per heavy atom. The largest absolute Gasteiger partial charge is 0.363 e. The SMILES string of the molecule is Cc1nn(C(C)(C)C)cc1C(C)Nc1cc(C#N)c2cc([N+](=O)[O-])ccc2n1. The van der Waals surface area contributed by atoms with E-state index in [-0.39, 0.29) is 17.3 Å². The molecule has 0 saturated carbocycles. The van der Waals surface area contributed by atoms with E-state index in [4.69, 9.17) is 0 Å². The van der Waals surface area contributed by atoms with Gasteiger partial charge >= 0.3 is 0 Å². The first kappa shape index (κ1) is 19.3. The number of nitrogens with one attached hydrogen (secondary N) is 1. The van der Waals surface area contributed by atoms with Gasteiger partial charge in [-0.25, -0.2) is 4.98 Å². The Kier molecular flexibility index (Phi) is 4.77. The number of nitrogens with zero attached hydrogens (tertiary/aromatic N) is 5. The van der Waals surface area contributed by atoms with Crippen molar-refractivity contribution in [1.29, 1.82) is 5.26 Å². The van der Waals surface area contributed by atoms with Crippen LogP contribution in [0.3, 0.4) is 0 Å². The molecule has 8 heteroatoms. The fourth-order valence-electron chi connectivity index (χ4n) is 3.04. The van der Waals surface area contributed by atoms with Gasteiger partial charge in [0.15, 0.2) is 0 Å². The van der Waals surface area contributed by atoms with E-state index in [2.05, 4.69) is 42.2 Å². The number of non-ortho nitro benzene ring substituents is 1. The van der Waals surface area contributed by atoms with Crippen molar-refractivity contribution in [3.05, 3.63) is 57.4 Å². The topological polar surface area (TPSA) is 110 Å². The monoisotopic (exact) mass is 378 g/mol. The molecule has 0 bridgehead atoms. The molecule has 0 saturated heterocycles. The zero-order chi connectivity index (χ0) is 20.6. The number of benzene rings is 1. The molecular formula is C20H22N6O2. The first-order chi connectivity index (χ1) is 13.1. The number of nitro benzene ring substituents is 1. The summed E-state index contributed by atoms with van der Waals surface area (Å²) < 4.78 is 1.93. The smallest absolute Gasteiger partial charge is 0.270 e. The molecule has 0 spiro atoms. The van der Waals surface area contributed by atoms with Gasteiger partial charge in [0, 0.05) is 29.3 Å². The third kappa shape index (κ3) is 3.64. The van der Waals surface area contributed by atoms with Crippen LogP contribution in [0.25, 0.3) is 10.9 Å². The van der Waals surface area contributed by atoms with Gasteiger partial charge in [-0.1, -0.05) is 0 Å². The van der Waals surface area contributed by atoms with Crippen LogP contribution < -0.4 is 5.32 Å². The Morgan fingerprint density at radius 2 is 2.04 bits per heavy atom. The first-order valence-electron chi connectivity index (χ1n) is 8.92. The molecule has 144 valence electrons. The van der Waals surface area contributed by atoms with Crippen molar-refractivity contribution in [2.45, 2.75) is 46.2 Å². The number of rotatable bonds is 4. The van der Waals surface area contributed by atoms with Crippen LogP contribution in [-0.4, -0.2) is 19.7 Å². The molecule has 1 N–H and O–H groups in total. The third-order valence-corrected chi connectivity index (χ3v) is 4.58. The molecule has 0 amide bonds. The zero-order valence-corrected chi connectivity index (χ0v) is 16.5. The maximum Gasteiger partial charge on any atom is 0.270 e. The molecule has 3 rings (SSSR count). The number of hydrogen-bond acceptors (Lipinski definition) is 6. The summed E-state index contributed by atoms with van der Waals surface area (Å²) in [4.78, 5) is 15.0. The second-order valence-corrected chi connectivity index (χ2v) is 7.78. The molecule has 2 heterocycles. The van der Waals surface area contributed by atoms with Crippen LogP contribution in [0.4, 0.5) is 11.5 Å². The summed E-state index contributed by atoms with van der Waals surface area (Å²) in [6.45, 7) is 10.2. The molecule has 0 aliphatic rings. The average Bonchev–Trinajstić information content (AvgIpc) is 3.02. The lowest BCUT2D eigenvalue weighted by atomic mass is 10.1. The van der Waals surface area contributed by atoms with E-state index in [0.717, 1.165) is 11.3 Å². The summed E-state index contributed by atoms with van der Waals surface area (Å²) in [5, 5.41) is 28.9. The number of pyridine rings is 1. The molecule has 1 aromatic carbocycles. The minimum absolute atomic E-state index is 0.0647. The van der Waals surface area contributed by atoms with E-state index >= 15 is 0 Å². The van der Waals surface area contributed by atoms with Gasteiger partial charge in [0.2, 0.25) is 0 Å². The number of anilines is 1. The van der Waals surface area contributed by atoms with Crippen LogP contribution in [0.5, 0.6) is 0 Å². The number of aromatic nitrogens is 3. The van der Waals surface area contributed by atoms with Crippen LogP contribution in [0, 0.1) is 28.4 Å². The molecule has 2 aromatic heterocycles.